The quantitative estimate of drug-likeness (QED) is 0.296. The van der Waals surface area contributed by atoms with Crippen molar-refractivity contribution < 1.29 is 14.5 Å². The molecule has 1 unspecified atom stereocenters. The summed E-state index contributed by atoms with van der Waals surface area (Å²) in [6.07, 6.45) is 5.04. The maximum absolute atomic E-state index is 12.1. The smallest absolute Gasteiger partial charge is 0.313 e. The lowest BCUT2D eigenvalue weighted by Crippen LogP contribution is -2.16. The standard InChI is InChI=1S/C16H23NO4/c1-3-5-6-7-8-15(16(18)21-4-2)13-9-11-14(12-10-13)17(19)20/h9-12,15H,3-8H2,1-2H3. The van der Waals surface area contributed by atoms with Crippen molar-refractivity contribution in [1.29, 1.82) is 0 Å². The zero-order chi connectivity index (χ0) is 15.7. The molecule has 0 heterocycles. The fraction of sp³-hybridized carbons (Fsp3) is 0.562. The van der Waals surface area contributed by atoms with E-state index in [9.17, 15) is 14.9 Å². The Morgan fingerprint density at radius 2 is 1.86 bits per heavy atom. The van der Waals surface area contributed by atoms with E-state index in [4.69, 9.17) is 4.74 Å². The van der Waals surface area contributed by atoms with Gasteiger partial charge in [-0.3, -0.25) is 14.9 Å². The molecule has 1 aromatic rings. The molecule has 116 valence electrons. The first-order valence-electron chi connectivity index (χ1n) is 7.51. The minimum Gasteiger partial charge on any atom is -0.466 e. The average molecular weight is 293 g/mol. The van der Waals surface area contributed by atoms with Crippen molar-refractivity contribution in [1.82, 2.24) is 0 Å². The normalized spacial score (nSPS) is 11.9. The highest BCUT2D eigenvalue weighted by Crippen LogP contribution is 2.26. The number of nitro benzene ring substituents is 1. The minimum atomic E-state index is -0.440. The number of esters is 1. The summed E-state index contributed by atoms with van der Waals surface area (Å²) < 4.78 is 5.12. The van der Waals surface area contributed by atoms with E-state index in [-0.39, 0.29) is 17.6 Å². The number of rotatable bonds is 9. The molecule has 0 bridgehead atoms. The molecule has 0 fully saturated rings. The van der Waals surface area contributed by atoms with E-state index in [1.807, 2.05) is 0 Å². The SMILES string of the molecule is CCCCCCC(C(=O)OCC)c1ccc([N+](=O)[O-])cc1. The first kappa shape index (κ1) is 17.1. The summed E-state index contributed by atoms with van der Waals surface area (Å²) in [6, 6.07) is 6.18. The Hall–Kier alpha value is -1.91. The molecule has 0 aliphatic carbocycles. The van der Waals surface area contributed by atoms with Gasteiger partial charge in [0, 0.05) is 12.1 Å². The van der Waals surface area contributed by atoms with Crippen LogP contribution in [0.25, 0.3) is 0 Å². The van der Waals surface area contributed by atoms with Gasteiger partial charge in [0.15, 0.2) is 0 Å². The second kappa shape index (κ2) is 9.10. The molecule has 0 aromatic heterocycles. The Morgan fingerprint density at radius 3 is 2.38 bits per heavy atom. The van der Waals surface area contributed by atoms with Gasteiger partial charge in [-0.25, -0.2) is 0 Å². The number of unbranched alkanes of at least 4 members (excludes halogenated alkanes) is 3. The lowest BCUT2D eigenvalue weighted by atomic mass is 9.93. The van der Waals surface area contributed by atoms with E-state index in [1.54, 1.807) is 19.1 Å². The van der Waals surface area contributed by atoms with Crippen molar-refractivity contribution in [2.24, 2.45) is 0 Å². The van der Waals surface area contributed by atoms with Crippen LogP contribution in [0.4, 0.5) is 5.69 Å². The van der Waals surface area contributed by atoms with Crippen molar-refractivity contribution >= 4 is 11.7 Å². The van der Waals surface area contributed by atoms with Gasteiger partial charge in [0.05, 0.1) is 17.4 Å². The van der Waals surface area contributed by atoms with Crippen LogP contribution < -0.4 is 0 Å². The van der Waals surface area contributed by atoms with Gasteiger partial charge in [0.25, 0.3) is 5.69 Å². The van der Waals surface area contributed by atoms with Crippen LogP contribution >= 0.6 is 0 Å². The number of hydrogen-bond donors (Lipinski definition) is 0. The van der Waals surface area contributed by atoms with Gasteiger partial charge in [-0.2, -0.15) is 0 Å². The molecule has 0 aliphatic heterocycles. The van der Waals surface area contributed by atoms with Crippen LogP contribution in [0.3, 0.4) is 0 Å². The molecule has 5 nitrogen and oxygen atoms in total. The third-order valence-corrected chi connectivity index (χ3v) is 3.42. The van der Waals surface area contributed by atoms with Crippen molar-refractivity contribution in [2.75, 3.05) is 6.61 Å². The summed E-state index contributed by atoms with van der Waals surface area (Å²) in [5.74, 6) is -0.578. The Labute approximate surface area is 125 Å². The predicted molar refractivity (Wildman–Crippen MR) is 81.2 cm³/mol. The lowest BCUT2D eigenvalue weighted by molar-refractivity contribution is -0.384. The van der Waals surface area contributed by atoms with Crippen LogP contribution in [-0.4, -0.2) is 17.5 Å². The summed E-state index contributed by atoms with van der Waals surface area (Å²) in [5, 5.41) is 10.7. The molecule has 1 aromatic carbocycles. The van der Waals surface area contributed by atoms with E-state index in [0.717, 1.165) is 37.7 Å². The third-order valence-electron chi connectivity index (χ3n) is 3.42. The maximum Gasteiger partial charge on any atom is 0.313 e. The summed E-state index contributed by atoms with van der Waals surface area (Å²) >= 11 is 0. The number of nitrogens with zero attached hydrogens (tertiary/aromatic N) is 1. The van der Waals surface area contributed by atoms with Crippen molar-refractivity contribution in [3.8, 4) is 0 Å². The molecule has 0 N–H and O–H groups in total. The monoisotopic (exact) mass is 293 g/mol. The van der Waals surface area contributed by atoms with Gasteiger partial charge in [-0.1, -0.05) is 44.7 Å². The van der Waals surface area contributed by atoms with Gasteiger partial charge in [0.2, 0.25) is 0 Å². The van der Waals surface area contributed by atoms with E-state index >= 15 is 0 Å². The Morgan fingerprint density at radius 1 is 1.19 bits per heavy atom. The summed E-state index contributed by atoms with van der Waals surface area (Å²) in [4.78, 5) is 22.3. The van der Waals surface area contributed by atoms with Crippen LogP contribution in [0.15, 0.2) is 24.3 Å². The number of hydrogen-bond acceptors (Lipinski definition) is 4. The number of ether oxygens (including phenoxy) is 1. The highest BCUT2D eigenvalue weighted by atomic mass is 16.6. The van der Waals surface area contributed by atoms with Crippen LogP contribution in [0.5, 0.6) is 0 Å². The van der Waals surface area contributed by atoms with Crippen LogP contribution in [0.2, 0.25) is 0 Å². The number of carbonyl (C=O) groups is 1. The van der Waals surface area contributed by atoms with Gasteiger partial charge in [-0.15, -0.1) is 0 Å². The zero-order valence-corrected chi connectivity index (χ0v) is 12.7. The molecule has 21 heavy (non-hydrogen) atoms. The summed E-state index contributed by atoms with van der Waals surface area (Å²) in [7, 11) is 0. The van der Waals surface area contributed by atoms with Crippen LogP contribution in [-0.2, 0) is 9.53 Å². The number of carbonyl (C=O) groups excluding carboxylic acids is 1. The van der Waals surface area contributed by atoms with E-state index in [2.05, 4.69) is 6.92 Å². The van der Waals surface area contributed by atoms with E-state index in [1.165, 1.54) is 12.1 Å². The Bertz CT molecular complexity index is 456. The molecule has 1 rings (SSSR count). The molecule has 0 saturated carbocycles. The summed E-state index contributed by atoms with van der Waals surface area (Å²) in [6.45, 7) is 4.26. The topological polar surface area (TPSA) is 69.4 Å². The molecule has 0 spiro atoms. The molecule has 0 saturated heterocycles. The van der Waals surface area contributed by atoms with E-state index in [0.29, 0.717) is 6.61 Å². The molecule has 0 radical (unpaired) electrons. The first-order chi connectivity index (χ1) is 10.1. The average Bonchev–Trinajstić information content (AvgIpc) is 2.47. The van der Waals surface area contributed by atoms with Crippen LogP contribution in [0.1, 0.15) is 57.4 Å². The van der Waals surface area contributed by atoms with Gasteiger partial charge >= 0.3 is 5.97 Å². The van der Waals surface area contributed by atoms with Crippen molar-refractivity contribution in [3.05, 3.63) is 39.9 Å². The minimum absolute atomic E-state index is 0.0346. The Balaban J connectivity index is 2.78. The molecule has 0 aliphatic rings. The lowest BCUT2D eigenvalue weighted by Gasteiger charge is -2.15. The Kier molecular flexibility index (Phi) is 7.43. The van der Waals surface area contributed by atoms with E-state index < -0.39 is 4.92 Å². The van der Waals surface area contributed by atoms with Gasteiger partial charge in [-0.05, 0) is 18.9 Å². The van der Waals surface area contributed by atoms with Gasteiger partial charge < -0.3 is 4.74 Å². The summed E-state index contributed by atoms with van der Waals surface area (Å²) in [5.41, 5.74) is 0.822. The van der Waals surface area contributed by atoms with Gasteiger partial charge in [0.1, 0.15) is 0 Å². The largest absolute Gasteiger partial charge is 0.466 e. The second-order valence-electron chi connectivity index (χ2n) is 5.00. The number of benzene rings is 1. The predicted octanol–water partition coefficient (Wildman–Crippen LogP) is 4.21. The first-order valence-corrected chi connectivity index (χ1v) is 7.51. The molecular formula is C16H23NO4. The highest BCUT2D eigenvalue weighted by Gasteiger charge is 2.22. The molecular weight excluding hydrogens is 270 g/mol. The molecule has 1 atom stereocenters. The van der Waals surface area contributed by atoms with Crippen molar-refractivity contribution in [2.45, 2.75) is 51.9 Å². The van der Waals surface area contributed by atoms with Crippen molar-refractivity contribution in [3.63, 3.8) is 0 Å². The van der Waals surface area contributed by atoms with Crippen LogP contribution in [0, 0.1) is 10.1 Å². The zero-order valence-electron chi connectivity index (χ0n) is 12.7. The highest BCUT2D eigenvalue weighted by molar-refractivity contribution is 5.78. The number of non-ortho nitro benzene ring substituents is 1. The molecule has 5 heteroatoms. The fourth-order valence-electron chi connectivity index (χ4n) is 2.27. The third kappa shape index (κ3) is 5.53. The molecule has 0 amide bonds. The second-order valence-corrected chi connectivity index (χ2v) is 5.00. The maximum atomic E-state index is 12.1. The number of nitro groups is 1. The fourth-order valence-corrected chi connectivity index (χ4v) is 2.27.